The zero-order valence-electron chi connectivity index (χ0n) is 10.9. The van der Waals surface area contributed by atoms with Gasteiger partial charge >= 0.3 is 0 Å². The molecule has 0 saturated heterocycles. The molecule has 0 bridgehead atoms. The minimum atomic E-state index is 0.324. The van der Waals surface area contributed by atoms with Gasteiger partial charge in [-0.3, -0.25) is 0 Å². The van der Waals surface area contributed by atoms with Crippen molar-refractivity contribution in [1.29, 1.82) is 0 Å². The molecule has 0 radical (unpaired) electrons. The summed E-state index contributed by atoms with van der Waals surface area (Å²) in [4.78, 5) is 0. The van der Waals surface area contributed by atoms with Crippen molar-refractivity contribution in [1.82, 2.24) is 0 Å². The van der Waals surface area contributed by atoms with Crippen LogP contribution >= 0.6 is 47.0 Å². The highest BCUT2D eigenvalue weighted by Gasteiger charge is 1.93. The Labute approximate surface area is 124 Å². The lowest BCUT2D eigenvalue weighted by atomic mass is 10.6. The highest BCUT2D eigenvalue weighted by molar-refractivity contribution is 8.03. The van der Waals surface area contributed by atoms with Gasteiger partial charge in [-0.05, 0) is 41.6 Å². The predicted octanol–water partition coefficient (Wildman–Crippen LogP) is 3.71. The minimum absolute atomic E-state index is 0.324. The average molecular weight is 315 g/mol. The van der Waals surface area contributed by atoms with Crippen LogP contribution in [0.3, 0.4) is 0 Å². The van der Waals surface area contributed by atoms with Crippen molar-refractivity contribution in [2.45, 2.75) is 19.8 Å². The van der Waals surface area contributed by atoms with Crippen LogP contribution in [0.25, 0.3) is 0 Å². The molecule has 0 aliphatic rings. The van der Waals surface area contributed by atoms with Crippen molar-refractivity contribution in [3.63, 3.8) is 0 Å². The Balaban J connectivity index is 2.85. The van der Waals surface area contributed by atoms with Gasteiger partial charge in [0, 0.05) is 17.3 Å². The summed E-state index contributed by atoms with van der Waals surface area (Å²) in [5, 5.41) is 8.61. The first kappa shape index (κ1) is 18.4. The van der Waals surface area contributed by atoms with E-state index in [0.29, 0.717) is 6.61 Å². The predicted molar refractivity (Wildman–Crippen MR) is 91.3 cm³/mol. The van der Waals surface area contributed by atoms with E-state index in [2.05, 4.69) is 42.2 Å². The van der Waals surface area contributed by atoms with Gasteiger partial charge in [-0.2, -0.15) is 47.0 Å². The van der Waals surface area contributed by atoms with Crippen LogP contribution in [0, 0.1) is 0 Å². The maximum absolute atomic E-state index is 8.61. The third-order valence-electron chi connectivity index (χ3n) is 1.97. The fourth-order valence-corrected chi connectivity index (χ4v) is 4.89. The number of aliphatic hydroxyl groups excluding tert-OH is 1. The summed E-state index contributed by atoms with van der Waals surface area (Å²) in [6.45, 7) is 2.55. The van der Waals surface area contributed by atoms with Crippen LogP contribution in [-0.4, -0.2) is 57.7 Å². The fourth-order valence-electron chi connectivity index (χ4n) is 1.16. The number of rotatable bonds is 14. The van der Waals surface area contributed by atoms with Crippen LogP contribution < -0.4 is 0 Å². The lowest BCUT2D eigenvalue weighted by molar-refractivity contribution is 0.322. The largest absolute Gasteiger partial charge is 0.396 e. The molecular weight excluding hydrogens is 288 g/mol. The van der Waals surface area contributed by atoms with Gasteiger partial charge in [0.25, 0.3) is 0 Å². The van der Waals surface area contributed by atoms with Crippen molar-refractivity contribution in [2.75, 3.05) is 52.6 Å². The Hall–Kier alpha value is 1.36. The van der Waals surface area contributed by atoms with Gasteiger partial charge in [0.2, 0.25) is 0 Å². The normalized spacial score (nSPS) is 10.9. The molecule has 104 valence electrons. The number of hydrogen-bond donors (Lipinski definition) is 1. The number of hydrogen-bond acceptors (Lipinski definition) is 5. The maximum atomic E-state index is 8.61. The van der Waals surface area contributed by atoms with E-state index in [-0.39, 0.29) is 0 Å². The van der Waals surface area contributed by atoms with E-state index in [4.69, 9.17) is 5.11 Å². The molecule has 0 atom stereocenters. The van der Waals surface area contributed by atoms with Gasteiger partial charge in [0.15, 0.2) is 0 Å². The van der Waals surface area contributed by atoms with Crippen LogP contribution in [0.1, 0.15) is 19.8 Å². The molecule has 0 aliphatic carbocycles. The van der Waals surface area contributed by atoms with Gasteiger partial charge in [0.1, 0.15) is 0 Å². The fraction of sp³-hybridized carbons (Fsp3) is 1.00. The van der Waals surface area contributed by atoms with Crippen molar-refractivity contribution in [2.24, 2.45) is 0 Å². The van der Waals surface area contributed by atoms with Crippen molar-refractivity contribution in [3.8, 4) is 0 Å². The second-order valence-electron chi connectivity index (χ2n) is 3.46. The molecule has 0 heterocycles. The third-order valence-corrected chi connectivity index (χ3v) is 6.40. The summed E-state index contributed by atoms with van der Waals surface area (Å²) in [5.41, 5.74) is 0. The molecule has 0 aromatic carbocycles. The summed E-state index contributed by atoms with van der Waals surface area (Å²) in [6, 6.07) is 0. The minimum Gasteiger partial charge on any atom is -0.396 e. The molecule has 0 aromatic rings. The topological polar surface area (TPSA) is 20.2 Å². The molecule has 1 nitrogen and oxygen atoms in total. The second kappa shape index (κ2) is 17.4. The van der Waals surface area contributed by atoms with E-state index in [0.717, 1.165) is 5.75 Å². The van der Waals surface area contributed by atoms with Crippen LogP contribution in [0.5, 0.6) is 0 Å². The van der Waals surface area contributed by atoms with E-state index >= 15 is 0 Å². The van der Waals surface area contributed by atoms with Gasteiger partial charge in [-0.1, -0.05) is 6.92 Å². The average Bonchev–Trinajstić information content (AvgIpc) is 2.35. The van der Waals surface area contributed by atoms with Crippen molar-refractivity contribution >= 4 is 47.0 Å². The lowest BCUT2D eigenvalue weighted by Crippen LogP contribution is -1.93. The molecule has 0 fully saturated rings. The number of thioether (sulfide) groups is 4. The smallest absolute Gasteiger partial charge is 0.0521 e. The van der Waals surface area contributed by atoms with Gasteiger partial charge < -0.3 is 5.11 Å². The van der Waals surface area contributed by atoms with E-state index in [1.54, 1.807) is 0 Å². The Morgan fingerprint density at radius 3 is 1.59 bits per heavy atom. The second-order valence-corrected chi connectivity index (χ2v) is 8.53. The van der Waals surface area contributed by atoms with Crippen LogP contribution in [0.2, 0.25) is 0 Å². The zero-order chi connectivity index (χ0) is 12.6. The van der Waals surface area contributed by atoms with Gasteiger partial charge in [0.05, 0.1) is 6.61 Å². The van der Waals surface area contributed by atoms with Gasteiger partial charge in [-0.25, -0.2) is 0 Å². The lowest BCUT2D eigenvalue weighted by Gasteiger charge is -2.02. The first-order chi connectivity index (χ1) is 8.41. The number of aliphatic hydroxyl groups is 1. The van der Waals surface area contributed by atoms with E-state index in [1.165, 1.54) is 53.1 Å². The zero-order valence-corrected chi connectivity index (χ0v) is 14.1. The highest BCUT2D eigenvalue weighted by Crippen LogP contribution is 2.12. The molecule has 0 saturated carbocycles. The Morgan fingerprint density at radius 2 is 1.12 bits per heavy atom. The Kier molecular flexibility index (Phi) is 18.7. The quantitative estimate of drug-likeness (QED) is 0.492. The van der Waals surface area contributed by atoms with Gasteiger partial charge in [-0.15, -0.1) is 0 Å². The van der Waals surface area contributed by atoms with Crippen molar-refractivity contribution < 1.29 is 5.11 Å². The summed E-state index contributed by atoms with van der Waals surface area (Å²) in [5.74, 6) is 9.92. The molecule has 0 unspecified atom stereocenters. The first-order valence-corrected chi connectivity index (χ1v) is 11.0. The molecule has 0 rings (SSSR count). The molecule has 0 aromatic heterocycles. The Morgan fingerprint density at radius 1 is 0.647 bits per heavy atom. The van der Waals surface area contributed by atoms with Crippen LogP contribution in [0.4, 0.5) is 0 Å². The van der Waals surface area contributed by atoms with E-state index in [1.807, 2.05) is 11.8 Å². The molecule has 1 N–H and O–H groups in total. The molecule has 17 heavy (non-hydrogen) atoms. The summed E-state index contributed by atoms with van der Waals surface area (Å²) in [6.07, 6.45) is 2.65. The maximum Gasteiger partial charge on any atom is 0.0521 e. The molecular formula is C12H26OS4. The molecule has 0 spiro atoms. The summed E-state index contributed by atoms with van der Waals surface area (Å²) in [7, 11) is 0. The Bertz CT molecular complexity index is 122. The van der Waals surface area contributed by atoms with Crippen molar-refractivity contribution in [3.05, 3.63) is 0 Å². The SMILES string of the molecule is CCSCCCSCCSCCCSCCO. The van der Waals surface area contributed by atoms with E-state index in [9.17, 15) is 0 Å². The molecule has 5 heteroatoms. The first-order valence-electron chi connectivity index (χ1n) is 6.33. The standard InChI is InChI=1S/C12H26OS4/c1-2-14-6-3-8-16-11-12-17-9-4-7-15-10-5-13/h13H,2-12H2,1H3. The summed E-state index contributed by atoms with van der Waals surface area (Å²) < 4.78 is 0. The van der Waals surface area contributed by atoms with E-state index < -0.39 is 0 Å². The van der Waals surface area contributed by atoms with Crippen LogP contribution in [0.15, 0.2) is 0 Å². The molecule has 0 aliphatic heterocycles. The highest BCUT2D eigenvalue weighted by atomic mass is 32.2. The monoisotopic (exact) mass is 314 g/mol. The molecule has 0 amide bonds. The van der Waals surface area contributed by atoms with Crippen LogP contribution in [-0.2, 0) is 0 Å². The third kappa shape index (κ3) is 17.4. The summed E-state index contributed by atoms with van der Waals surface area (Å²) >= 11 is 8.09.